The Kier molecular flexibility index (Phi) is 3.41. The van der Waals surface area contributed by atoms with Crippen LogP contribution in [0.4, 0.5) is 5.69 Å². The third-order valence-electron chi connectivity index (χ3n) is 1.80. The van der Waals surface area contributed by atoms with E-state index >= 15 is 0 Å². The lowest BCUT2D eigenvalue weighted by Crippen LogP contribution is -1.93. The number of nitrogens with zero attached hydrogens (tertiary/aromatic N) is 1. The molecule has 2 heteroatoms. The van der Waals surface area contributed by atoms with E-state index in [0.717, 1.165) is 12.1 Å². The van der Waals surface area contributed by atoms with Crippen molar-refractivity contribution >= 4 is 11.7 Å². The van der Waals surface area contributed by atoms with Gasteiger partial charge in [0.25, 0.3) is 0 Å². The molecule has 0 radical (unpaired) electrons. The molecular formula is C11H14N2. The summed E-state index contributed by atoms with van der Waals surface area (Å²) < 4.78 is 0. The standard InChI is InChI=1S/C11H14N2/c1-9(2)7-10-5-3-4-6-11(10)13-8-12/h3-6,9,12H,7H2,1-2H3. The van der Waals surface area contributed by atoms with Crippen LogP contribution < -0.4 is 0 Å². The molecule has 0 atom stereocenters. The van der Waals surface area contributed by atoms with E-state index in [4.69, 9.17) is 5.41 Å². The Morgan fingerprint density at radius 3 is 2.69 bits per heavy atom. The summed E-state index contributed by atoms with van der Waals surface area (Å²) in [6.07, 6.45) is 1.00. The van der Waals surface area contributed by atoms with Crippen molar-refractivity contribution in [3.8, 4) is 0 Å². The topological polar surface area (TPSA) is 36.2 Å². The van der Waals surface area contributed by atoms with Crippen LogP contribution in [0.2, 0.25) is 0 Å². The van der Waals surface area contributed by atoms with E-state index in [-0.39, 0.29) is 0 Å². The number of para-hydroxylation sites is 1. The van der Waals surface area contributed by atoms with Gasteiger partial charge in [0.05, 0.1) is 11.7 Å². The van der Waals surface area contributed by atoms with E-state index < -0.39 is 0 Å². The average Bonchev–Trinajstić information content (AvgIpc) is 2.08. The molecule has 0 bridgehead atoms. The monoisotopic (exact) mass is 174 g/mol. The summed E-state index contributed by atoms with van der Waals surface area (Å²) in [6.45, 7) is 4.34. The Balaban J connectivity index is 2.97. The van der Waals surface area contributed by atoms with Crippen LogP contribution in [0.1, 0.15) is 19.4 Å². The van der Waals surface area contributed by atoms with Crippen LogP contribution >= 0.6 is 0 Å². The first-order chi connectivity index (χ1) is 6.24. The molecule has 1 rings (SSSR count). The van der Waals surface area contributed by atoms with Crippen molar-refractivity contribution in [2.75, 3.05) is 0 Å². The maximum absolute atomic E-state index is 6.80. The first-order valence-electron chi connectivity index (χ1n) is 4.44. The van der Waals surface area contributed by atoms with Gasteiger partial charge in [0.2, 0.25) is 0 Å². The SMILES string of the molecule is CC(C)Cc1ccccc1N=C=N. The van der Waals surface area contributed by atoms with Crippen molar-refractivity contribution < 1.29 is 0 Å². The summed E-state index contributed by atoms with van der Waals surface area (Å²) in [7, 11) is 0. The zero-order valence-electron chi connectivity index (χ0n) is 8.04. The van der Waals surface area contributed by atoms with Gasteiger partial charge in [-0.1, -0.05) is 32.0 Å². The number of benzene rings is 1. The molecule has 0 saturated heterocycles. The summed E-state index contributed by atoms with van der Waals surface area (Å²) >= 11 is 0. The fourth-order valence-electron chi connectivity index (χ4n) is 1.29. The lowest BCUT2D eigenvalue weighted by Gasteiger charge is -2.06. The second-order valence-electron chi connectivity index (χ2n) is 3.45. The first-order valence-corrected chi connectivity index (χ1v) is 4.44. The number of hydrogen-bond donors (Lipinski definition) is 1. The fourth-order valence-corrected chi connectivity index (χ4v) is 1.29. The van der Waals surface area contributed by atoms with E-state index in [1.807, 2.05) is 18.2 Å². The third kappa shape index (κ3) is 2.85. The maximum Gasteiger partial charge on any atom is 0.0918 e. The predicted octanol–water partition coefficient (Wildman–Crippen LogP) is 3.27. The highest BCUT2D eigenvalue weighted by Gasteiger charge is 2.01. The summed E-state index contributed by atoms with van der Waals surface area (Å²) in [5, 5.41) is 6.80. The van der Waals surface area contributed by atoms with Crippen molar-refractivity contribution in [3.63, 3.8) is 0 Å². The Hall–Kier alpha value is -1.40. The summed E-state index contributed by atoms with van der Waals surface area (Å²) in [5.74, 6) is 0.613. The van der Waals surface area contributed by atoms with Crippen LogP contribution in [0, 0.1) is 11.3 Å². The molecule has 1 aromatic carbocycles. The van der Waals surface area contributed by atoms with E-state index in [2.05, 4.69) is 30.9 Å². The molecule has 0 aliphatic rings. The van der Waals surface area contributed by atoms with E-state index in [1.165, 1.54) is 5.56 Å². The molecule has 0 heterocycles. The number of aliphatic imine (C=N–C) groups is 1. The van der Waals surface area contributed by atoms with Crippen LogP contribution in [-0.4, -0.2) is 6.01 Å². The van der Waals surface area contributed by atoms with Gasteiger partial charge < -0.3 is 0 Å². The molecular weight excluding hydrogens is 160 g/mol. The minimum atomic E-state index is 0.613. The van der Waals surface area contributed by atoms with Gasteiger partial charge in [0.1, 0.15) is 0 Å². The molecule has 0 aliphatic heterocycles. The first kappa shape index (κ1) is 9.69. The van der Waals surface area contributed by atoms with Gasteiger partial charge in [0, 0.05) is 0 Å². The Morgan fingerprint density at radius 1 is 1.38 bits per heavy atom. The van der Waals surface area contributed by atoms with Gasteiger partial charge in [-0.3, -0.25) is 0 Å². The lowest BCUT2D eigenvalue weighted by atomic mass is 10.0. The van der Waals surface area contributed by atoms with Crippen LogP contribution in [0.3, 0.4) is 0 Å². The molecule has 1 N–H and O–H groups in total. The molecule has 0 spiro atoms. The van der Waals surface area contributed by atoms with E-state index in [9.17, 15) is 0 Å². The maximum atomic E-state index is 6.80. The van der Waals surface area contributed by atoms with Crippen LogP contribution in [-0.2, 0) is 6.42 Å². The third-order valence-corrected chi connectivity index (χ3v) is 1.80. The van der Waals surface area contributed by atoms with Gasteiger partial charge in [-0.05, 0) is 24.0 Å². The van der Waals surface area contributed by atoms with Crippen LogP contribution in [0.15, 0.2) is 29.3 Å². The molecule has 13 heavy (non-hydrogen) atoms. The molecule has 0 saturated carbocycles. The van der Waals surface area contributed by atoms with E-state index in [1.54, 1.807) is 0 Å². The molecule has 0 amide bonds. The molecule has 0 fully saturated rings. The highest BCUT2D eigenvalue weighted by molar-refractivity contribution is 5.54. The minimum Gasteiger partial charge on any atom is -0.241 e. The average molecular weight is 174 g/mol. The second-order valence-corrected chi connectivity index (χ2v) is 3.45. The predicted molar refractivity (Wildman–Crippen MR) is 54.8 cm³/mol. The minimum absolute atomic E-state index is 0.613. The van der Waals surface area contributed by atoms with Crippen molar-refractivity contribution in [1.82, 2.24) is 0 Å². The molecule has 68 valence electrons. The number of hydrogen-bond acceptors (Lipinski definition) is 2. The smallest absolute Gasteiger partial charge is 0.0918 e. The van der Waals surface area contributed by atoms with Gasteiger partial charge in [-0.15, -0.1) is 0 Å². The van der Waals surface area contributed by atoms with Crippen molar-refractivity contribution in [2.24, 2.45) is 10.9 Å². The largest absolute Gasteiger partial charge is 0.241 e. The second kappa shape index (κ2) is 4.58. The van der Waals surface area contributed by atoms with Crippen molar-refractivity contribution in [2.45, 2.75) is 20.3 Å². The molecule has 1 aromatic rings. The quantitative estimate of drug-likeness (QED) is 0.683. The zero-order valence-corrected chi connectivity index (χ0v) is 8.04. The molecule has 2 nitrogen and oxygen atoms in total. The molecule has 0 aliphatic carbocycles. The van der Waals surface area contributed by atoms with Crippen molar-refractivity contribution in [3.05, 3.63) is 29.8 Å². The highest BCUT2D eigenvalue weighted by Crippen LogP contribution is 2.20. The Labute approximate surface area is 78.8 Å². The normalized spacial score (nSPS) is 9.77. The summed E-state index contributed by atoms with van der Waals surface area (Å²) in [4.78, 5) is 3.88. The summed E-state index contributed by atoms with van der Waals surface area (Å²) in [5.41, 5.74) is 2.06. The van der Waals surface area contributed by atoms with Crippen LogP contribution in [0.25, 0.3) is 0 Å². The molecule has 0 unspecified atom stereocenters. The molecule has 0 aromatic heterocycles. The van der Waals surface area contributed by atoms with Gasteiger partial charge in [0.15, 0.2) is 0 Å². The van der Waals surface area contributed by atoms with Gasteiger partial charge >= 0.3 is 0 Å². The van der Waals surface area contributed by atoms with Gasteiger partial charge in [-0.2, -0.15) is 4.99 Å². The van der Waals surface area contributed by atoms with E-state index in [0.29, 0.717) is 5.92 Å². The van der Waals surface area contributed by atoms with Crippen LogP contribution in [0.5, 0.6) is 0 Å². The Morgan fingerprint density at radius 2 is 2.08 bits per heavy atom. The summed E-state index contributed by atoms with van der Waals surface area (Å²) in [6, 6.07) is 9.97. The van der Waals surface area contributed by atoms with Gasteiger partial charge in [-0.25, -0.2) is 5.41 Å². The van der Waals surface area contributed by atoms with Crippen molar-refractivity contribution in [1.29, 1.82) is 5.41 Å². The number of rotatable bonds is 3. The fraction of sp³-hybridized carbons (Fsp3) is 0.364. The zero-order chi connectivity index (χ0) is 9.68. The highest BCUT2D eigenvalue weighted by atomic mass is 14.7. The Bertz CT molecular complexity index is 323. The lowest BCUT2D eigenvalue weighted by molar-refractivity contribution is 0.648. The number of nitrogens with one attached hydrogen (secondary N) is 1.